The van der Waals surface area contributed by atoms with Gasteiger partial charge in [-0.25, -0.2) is 13.4 Å². The van der Waals surface area contributed by atoms with Gasteiger partial charge in [0.2, 0.25) is 0 Å². The van der Waals surface area contributed by atoms with Crippen LogP contribution in [0.1, 0.15) is 11.3 Å². The fraction of sp³-hybridized carbons (Fsp3) is 0.182. The second kappa shape index (κ2) is 10.4. The molecule has 1 atom stereocenters. The zero-order valence-electron chi connectivity index (χ0n) is 16.8. The highest BCUT2D eigenvalue weighted by atomic mass is 35.5. The Labute approximate surface area is 186 Å². The number of aromatic nitrogens is 1. The third-order valence-corrected chi connectivity index (χ3v) is 6.11. The summed E-state index contributed by atoms with van der Waals surface area (Å²) in [5.41, 5.74) is 1.58. The number of halogens is 1. The Kier molecular flexibility index (Phi) is 7.62. The monoisotopic (exact) mass is 459 g/mol. The lowest BCUT2D eigenvalue weighted by Gasteiger charge is -2.18. The van der Waals surface area contributed by atoms with Crippen LogP contribution in [0.5, 0.6) is 0 Å². The molecule has 0 bridgehead atoms. The molecule has 1 aromatic heterocycles. The molecular formula is C22H22ClN3O4S. The molecule has 2 N–H and O–H groups in total. The molecule has 0 amide bonds. The van der Waals surface area contributed by atoms with Gasteiger partial charge in [0.1, 0.15) is 11.2 Å². The van der Waals surface area contributed by atoms with Crippen molar-refractivity contribution in [3.63, 3.8) is 0 Å². The highest BCUT2D eigenvalue weighted by Crippen LogP contribution is 2.21. The van der Waals surface area contributed by atoms with Crippen LogP contribution in [0.15, 0.2) is 77.7 Å². The van der Waals surface area contributed by atoms with Gasteiger partial charge in [0.05, 0.1) is 23.4 Å². The summed E-state index contributed by atoms with van der Waals surface area (Å²) in [6.07, 6.45) is 0.402. The molecule has 0 unspecified atom stereocenters. The third kappa shape index (κ3) is 6.27. The number of nitrogens with zero attached hydrogens (tertiary/aromatic N) is 1. The van der Waals surface area contributed by atoms with Gasteiger partial charge in [-0.05, 0) is 36.2 Å². The molecule has 3 aromatic rings. The number of pyridine rings is 1. The van der Waals surface area contributed by atoms with Gasteiger partial charge in [-0.3, -0.25) is 14.8 Å². The standard InChI is InChI=1S/C22H22ClN3O4S/c1-30-22(27)19(14-16-8-4-2-5-9-16)24-15-20-18(12-13-21(23)25-20)26-31(28,29)17-10-6-3-7-11-17/h2-13,19,24,26H,14-15H2,1H3/t19-/m0/s1. The third-order valence-electron chi connectivity index (χ3n) is 4.52. The van der Waals surface area contributed by atoms with E-state index >= 15 is 0 Å². The van der Waals surface area contributed by atoms with Crippen LogP contribution < -0.4 is 10.0 Å². The van der Waals surface area contributed by atoms with E-state index in [4.69, 9.17) is 16.3 Å². The van der Waals surface area contributed by atoms with Gasteiger partial charge >= 0.3 is 5.97 Å². The lowest BCUT2D eigenvalue weighted by Crippen LogP contribution is -2.39. The molecule has 0 aliphatic rings. The SMILES string of the molecule is COC(=O)[C@H](Cc1ccccc1)NCc1nc(Cl)ccc1NS(=O)(=O)c1ccccc1. The molecule has 0 radical (unpaired) electrons. The van der Waals surface area contributed by atoms with Gasteiger partial charge in [-0.15, -0.1) is 0 Å². The highest BCUT2D eigenvalue weighted by molar-refractivity contribution is 7.92. The molecule has 9 heteroatoms. The Morgan fingerprint density at radius 3 is 2.32 bits per heavy atom. The van der Waals surface area contributed by atoms with Crippen molar-refractivity contribution in [3.8, 4) is 0 Å². The number of benzene rings is 2. The summed E-state index contributed by atoms with van der Waals surface area (Å²) >= 11 is 6.03. The highest BCUT2D eigenvalue weighted by Gasteiger charge is 2.21. The maximum atomic E-state index is 12.7. The molecule has 0 spiro atoms. The van der Waals surface area contributed by atoms with Crippen molar-refractivity contribution >= 4 is 33.3 Å². The molecule has 0 fully saturated rings. The number of hydrogen-bond donors (Lipinski definition) is 2. The first-order chi connectivity index (χ1) is 14.9. The average molecular weight is 460 g/mol. The fourth-order valence-electron chi connectivity index (χ4n) is 2.96. The second-order valence-electron chi connectivity index (χ2n) is 6.69. The maximum absolute atomic E-state index is 12.7. The molecule has 3 rings (SSSR count). The van der Waals surface area contributed by atoms with E-state index in [1.165, 1.54) is 31.4 Å². The number of carbonyl (C=O) groups excluding carboxylic acids is 1. The van der Waals surface area contributed by atoms with Crippen LogP contribution in [-0.4, -0.2) is 32.5 Å². The Balaban J connectivity index is 1.80. The number of hydrogen-bond acceptors (Lipinski definition) is 6. The van der Waals surface area contributed by atoms with E-state index in [0.29, 0.717) is 12.1 Å². The number of carbonyl (C=O) groups is 1. The number of sulfonamides is 1. The second-order valence-corrected chi connectivity index (χ2v) is 8.76. The number of methoxy groups -OCH3 is 1. The summed E-state index contributed by atoms with van der Waals surface area (Å²) < 4.78 is 32.9. The molecule has 0 aliphatic carbocycles. The van der Waals surface area contributed by atoms with E-state index in [1.54, 1.807) is 18.2 Å². The molecular weight excluding hydrogens is 438 g/mol. The van der Waals surface area contributed by atoms with E-state index < -0.39 is 22.0 Å². The Bertz CT molecular complexity index is 1130. The lowest BCUT2D eigenvalue weighted by molar-refractivity contribution is -0.143. The molecule has 162 valence electrons. The van der Waals surface area contributed by atoms with Gasteiger partial charge in [0.25, 0.3) is 10.0 Å². The summed E-state index contributed by atoms with van der Waals surface area (Å²) in [6, 6.07) is 19.9. The predicted molar refractivity (Wildman–Crippen MR) is 119 cm³/mol. The number of nitrogens with one attached hydrogen (secondary N) is 2. The van der Waals surface area contributed by atoms with Crippen molar-refractivity contribution in [2.45, 2.75) is 23.9 Å². The van der Waals surface area contributed by atoms with E-state index in [2.05, 4.69) is 15.0 Å². The summed E-state index contributed by atoms with van der Waals surface area (Å²) in [5.74, 6) is -0.433. The molecule has 0 saturated heterocycles. The van der Waals surface area contributed by atoms with Crippen LogP contribution in [0.25, 0.3) is 0 Å². The van der Waals surface area contributed by atoms with Crippen molar-refractivity contribution in [1.29, 1.82) is 0 Å². The molecule has 0 saturated carbocycles. The van der Waals surface area contributed by atoms with Gasteiger partial charge in [0, 0.05) is 6.54 Å². The number of esters is 1. The number of ether oxygens (including phenoxy) is 1. The summed E-state index contributed by atoms with van der Waals surface area (Å²) in [7, 11) is -2.49. The largest absolute Gasteiger partial charge is 0.468 e. The molecule has 7 nitrogen and oxygen atoms in total. The van der Waals surface area contributed by atoms with Gasteiger partial charge in [0.15, 0.2) is 0 Å². The first-order valence-electron chi connectivity index (χ1n) is 9.47. The van der Waals surface area contributed by atoms with Crippen LogP contribution in [0.3, 0.4) is 0 Å². The topological polar surface area (TPSA) is 97.4 Å². The maximum Gasteiger partial charge on any atom is 0.323 e. The van der Waals surface area contributed by atoms with Crippen molar-refractivity contribution in [3.05, 3.63) is 89.2 Å². The zero-order chi connectivity index (χ0) is 22.3. The van der Waals surface area contributed by atoms with Crippen molar-refractivity contribution in [2.75, 3.05) is 11.8 Å². The van der Waals surface area contributed by atoms with E-state index in [0.717, 1.165) is 5.56 Å². The van der Waals surface area contributed by atoms with Crippen LogP contribution in [0, 0.1) is 0 Å². The summed E-state index contributed by atoms with van der Waals surface area (Å²) in [6.45, 7) is 0.0970. The van der Waals surface area contributed by atoms with Crippen molar-refractivity contribution in [2.24, 2.45) is 0 Å². The van der Waals surface area contributed by atoms with Crippen LogP contribution >= 0.6 is 11.6 Å². The molecule has 2 aromatic carbocycles. The average Bonchev–Trinajstić information content (AvgIpc) is 2.79. The van der Waals surface area contributed by atoms with Crippen molar-refractivity contribution < 1.29 is 17.9 Å². The number of anilines is 1. The van der Waals surface area contributed by atoms with Gasteiger partial charge < -0.3 is 4.74 Å². The molecule has 0 aliphatic heterocycles. The minimum atomic E-state index is -3.81. The van der Waals surface area contributed by atoms with E-state index in [-0.39, 0.29) is 22.3 Å². The predicted octanol–water partition coefficient (Wildman–Crippen LogP) is 3.41. The first-order valence-corrected chi connectivity index (χ1v) is 11.3. The molecule has 31 heavy (non-hydrogen) atoms. The van der Waals surface area contributed by atoms with Crippen LogP contribution in [0.2, 0.25) is 5.15 Å². The molecule has 1 heterocycles. The van der Waals surface area contributed by atoms with Gasteiger partial charge in [-0.2, -0.15) is 0 Å². The lowest BCUT2D eigenvalue weighted by atomic mass is 10.1. The summed E-state index contributed by atoms with van der Waals surface area (Å²) in [5, 5.41) is 3.30. The van der Waals surface area contributed by atoms with Gasteiger partial charge in [-0.1, -0.05) is 60.1 Å². The quantitative estimate of drug-likeness (QED) is 0.376. The summed E-state index contributed by atoms with van der Waals surface area (Å²) in [4.78, 5) is 16.6. The Morgan fingerprint density at radius 2 is 1.68 bits per heavy atom. The minimum absolute atomic E-state index is 0.0970. The van der Waals surface area contributed by atoms with E-state index in [9.17, 15) is 13.2 Å². The van der Waals surface area contributed by atoms with Crippen LogP contribution in [0.4, 0.5) is 5.69 Å². The fourth-order valence-corrected chi connectivity index (χ4v) is 4.23. The normalized spacial score (nSPS) is 12.2. The smallest absolute Gasteiger partial charge is 0.323 e. The Hall–Kier alpha value is -2.94. The Morgan fingerprint density at radius 1 is 1.03 bits per heavy atom. The van der Waals surface area contributed by atoms with Crippen LogP contribution in [-0.2, 0) is 32.5 Å². The van der Waals surface area contributed by atoms with E-state index in [1.807, 2.05) is 30.3 Å². The minimum Gasteiger partial charge on any atom is -0.468 e. The first kappa shape index (κ1) is 22.7. The van der Waals surface area contributed by atoms with Crippen molar-refractivity contribution in [1.82, 2.24) is 10.3 Å². The zero-order valence-corrected chi connectivity index (χ0v) is 18.4. The number of rotatable bonds is 9.